The number of aromatic nitrogens is 3. The number of amides is 1. The van der Waals surface area contributed by atoms with E-state index < -0.39 is 34.5 Å². The van der Waals surface area contributed by atoms with Crippen LogP contribution in [-0.4, -0.2) is 43.3 Å². The zero-order valence-electron chi connectivity index (χ0n) is 17.1. The van der Waals surface area contributed by atoms with E-state index in [0.717, 1.165) is 30.6 Å². The lowest BCUT2D eigenvalue weighted by Crippen LogP contribution is -2.50. The number of carbonyl (C=O) groups is 1. The lowest BCUT2D eigenvalue weighted by atomic mass is 9.95. The van der Waals surface area contributed by atoms with Gasteiger partial charge in [0.25, 0.3) is 5.91 Å². The highest BCUT2D eigenvalue weighted by Gasteiger charge is 2.39. The van der Waals surface area contributed by atoms with Gasteiger partial charge in [-0.25, -0.2) is 13.2 Å². The predicted molar refractivity (Wildman–Crippen MR) is 114 cm³/mol. The second-order valence-corrected chi connectivity index (χ2v) is 9.03. The van der Waals surface area contributed by atoms with Gasteiger partial charge in [-0.15, -0.1) is 10.2 Å². The van der Waals surface area contributed by atoms with Gasteiger partial charge in [0.05, 0.1) is 11.6 Å². The fourth-order valence-electron chi connectivity index (χ4n) is 4.33. The van der Waals surface area contributed by atoms with Gasteiger partial charge >= 0.3 is 0 Å². The summed E-state index contributed by atoms with van der Waals surface area (Å²) >= 11 is 0.902. The van der Waals surface area contributed by atoms with E-state index in [1.165, 1.54) is 10.8 Å². The Balaban J connectivity index is 1.55. The van der Waals surface area contributed by atoms with Gasteiger partial charge in [0.15, 0.2) is 16.5 Å². The van der Waals surface area contributed by atoms with Crippen LogP contribution in [0.15, 0.2) is 29.7 Å². The van der Waals surface area contributed by atoms with Crippen molar-refractivity contribution in [2.45, 2.75) is 31.7 Å². The van der Waals surface area contributed by atoms with Gasteiger partial charge in [0, 0.05) is 42.6 Å². The van der Waals surface area contributed by atoms with E-state index in [1.807, 2.05) is 0 Å². The molecule has 1 N–H and O–H groups in total. The molecule has 7 nitrogen and oxygen atoms in total. The van der Waals surface area contributed by atoms with E-state index in [9.17, 15) is 27.9 Å². The molecule has 2 aliphatic heterocycles. The third-order valence-electron chi connectivity index (χ3n) is 5.97. The van der Waals surface area contributed by atoms with Crippen LogP contribution in [0.1, 0.15) is 40.3 Å². The Morgan fingerprint density at radius 1 is 1.15 bits per heavy atom. The standard InChI is InChI=1S/C22H17F3N4O3S/c1-10-16-4-2-3-5-28(16)22(32)18-20(31)19(30)13(9-29(10)18)21-27-26-17(33-21)8-12-14(24)6-11(23)7-15(12)25/h6-7,9,16,31H,1-5,8H2/t16-/m1/s1. The molecular formula is C22H17F3N4O3S. The van der Waals surface area contributed by atoms with Gasteiger partial charge in [-0.2, -0.15) is 0 Å². The van der Waals surface area contributed by atoms with Crippen LogP contribution in [-0.2, 0) is 6.42 Å². The average Bonchev–Trinajstić information content (AvgIpc) is 3.25. The van der Waals surface area contributed by atoms with E-state index in [0.29, 0.717) is 24.4 Å². The SMILES string of the molecule is C=C1[C@H]2CCCCN2C(=O)c2c(O)c(=O)c(-c3nnc(Cc4c(F)cc(F)cc4F)s3)cn21. The molecule has 0 saturated carbocycles. The molecule has 0 unspecified atom stereocenters. The van der Waals surface area contributed by atoms with Crippen molar-refractivity contribution in [2.24, 2.45) is 0 Å². The fourth-order valence-corrected chi connectivity index (χ4v) is 5.19. The molecule has 1 aromatic carbocycles. The average molecular weight is 474 g/mol. The normalized spacial score (nSPS) is 17.8. The van der Waals surface area contributed by atoms with Gasteiger partial charge in [-0.1, -0.05) is 17.9 Å². The van der Waals surface area contributed by atoms with Crippen LogP contribution >= 0.6 is 11.3 Å². The molecule has 1 atom stereocenters. The predicted octanol–water partition coefficient (Wildman–Crippen LogP) is 3.56. The molecule has 0 radical (unpaired) electrons. The van der Waals surface area contributed by atoms with Gasteiger partial charge in [-0.05, 0) is 19.3 Å². The summed E-state index contributed by atoms with van der Waals surface area (Å²) in [6.45, 7) is 4.60. The number of benzene rings is 1. The maximum atomic E-state index is 14.0. The molecule has 5 rings (SSSR count). The summed E-state index contributed by atoms with van der Waals surface area (Å²) in [5.74, 6) is -4.29. The van der Waals surface area contributed by atoms with Crippen LogP contribution in [0.4, 0.5) is 13.2 Å². The minimum absolute atomic E-state index is 0.0155. The zero-order chi connectivity index (χ0) is 23.4. The molecule has 2 aliphatic rings. The second kappa shape index (κ2) is 7.84. The van der Waals surface area contributed by atoms with E-state index in [1.54, 1.807) is 4.90 Å². The molecule has 3 aromatic rings. The van der Waals surface area contributed by atoms with Crippen molar-refractivity contribution in [3.63, 3.8) is 0 Å². The van der Waals surface area contributed by atoms with Crippen molar-refractivity contribution >= 4 is 22.9 Å². The summed E-state index contributed by atoms with van der Waals surface area (Å²) in [7, 11) is 0. The second-order valence-electron chi connectivity index (χ2n) is 7.97. The third kappa shape index (κ3) is 3.43. The van der Waals surface area contributed by atoms with Gasteiger partial charge in [-0.3, -0.25) is 9.59 Å². The molecule has 1 saturated heterocycles. The number of fused-ring (bicyclic) bond motifs is 2. The van der Waals surface area contributed by atoms with Crippen molar-refractivity contribution in [1.82, 2.24) is 19.7 Å². The smallest absolute Gasteiger partial charge is 0.275 e. The van der Waals surface area contributed by atoms with E-state index in [-0.39, 0.29) is 39.3 Å². The van der Waals surface area contributed by atoms with Crippen LogP contribution in [0, 0.1) is 17.5 Å². The van der Waals surface area contributed by atoms with E-state index >= 15 is 0 Å². The summed E-state index contributed by atoms with van der Waals surface area (Å²) in [4.78, 5) is 27.5. The molecule has 0 spiro atoms. The first-order chi connectivity index (χ1) is 15.8. The third-order valence-corrected chi connectivity index (χ3v) is 6.93. The summed E-state index contributed by atoms with van der Waals surface area (Å²) < 4.78 is 42.6. The topological polar surface area (TPSA) is 88.3 Å². The Hall–Kier alpha value is -3.47. The first-order valence-corrected chi connectivity index (χ1v) is 11.0. The lowest BCUT2D eigenvalue weighted by molar-refractivity contribution is 0.0628. The molecule has 4 heterocycles. The Morgan fingerprint density at radius 2 is 1.88 bits per heavy atom. The fraction of sp³-hybridized carbons (Fsp3) is 0.273. The Morgan fingerprint density at radius 3 is 2.61 bits per heavy atom. The quantitative estimate of drug-likeness (QED) is 0.627. The maximum Gasteiger partial charge on any atom is 0.275 e. The molecule has 0 bridgehead atoms. The zero-order valence-corrected chi connectivity index (χ0v) is 18.0. The van der Waals surface area contributed by atoms with Crippen molar-refractivity contribution in [1.29, 1.82) is 0 Å². The van der Waals surface area contributed by atoms with Gasteiger partial charge < -0.3 is 14.6 Å². The first kappa shape index (κ1) is 21.4. The molecular weight excluding hydrogens is 457 g/mol. The van der Waals surface area contributed by atoms with Gasteiger partial charge in [0.2, 0.25) is 5.43 Å². The molecule has 33 heavy (non-hydrogen) atoms. The van der Waals surface area contributed by atoms with Crippen LogP contribution in [0.3, 0.4) is 0 Å². The highest BCUT2D eigenvalue weighted by Crippen LogP contribution is 2.36. The number of pyridine rings is 1. The monoisotopic (exact) mass is 474 g/mol. The molecule has 170 valence electrons. The van der Waals surface area contributed by atoms with Crippen molar-refractivity contribution in [2.75, 3.05) is 6.54 Å². The molecule has 0 aliphatic carbocycles. The largest absolute Gasteiger partial charge is 0.503 e. The minimum Gasteiger partial charge on any atom is -0.503 e. The number of piperidine rings is 1. The van der Waals surface area contributed by atoms with Crippen molar-refractivity contribution in [3.8, 4) is 16.3 Å². The van der Waals surface area contributed by atoms with E-state index in [4.69, 9.17) is 0 Å². The summed E-state index contributed by atoms with van der Waals surface area (Å²) in [6, 6.07) is 0.916. The van der Waals surface area contributed by atoms with Crippen LogP contribution in [0.2, 0.25) is 0 Å². The summed E-state index contributed by atoms with van der Waals surface area (Å²) in [6.07, 6.45) is 3.59. The van der Waals surface area contributed by atoms with Crippen LogP contribution in [0.25, 0.3) is 16.3 Å². The number of carbonyl (C=O) groups excluding carboxylic acids is 1. The van der Waals surface area contributed by atoms with Gasteiger partial charge in [0.1, 0.15) is 22.5 Å². The maximum absolute atomic E-state index is 14.0. The van der Waals surface area contributed by atoms with Crippen molar-refractivity contribution < 1.29 is 23.1 Å². The van der Waals surface area contributed by atoms with Crippen LogP contribution < -0.4 is 5.43 Å². The Labute approximate surface area is 189 Å². The Bertz CT molecular complexity index is 1360. The number of hydrogen-bond acceptors (Lipinski definition) is 6. The molecule has 1 fully saturated rings. The number of halogens is 3. The summed E-state index contributed by atoms with van der Waals surface area (Å²) in [5, 5.41) is 18.7. The minimum atomic E-state index is -1.05. The van der Waals surface area contributed by atoms with E-state index in [2.05, 4.69) is 16.8 Å². The number of nitrogens with zero attached hydrogens (tertiary/aromatic N) is 4. The molecule has 11 heteroatoms. The number of rotatable bonds is 3. The lowest BCUT2D eigenvalue weighted by Gasteiger charge is -2.42. The molecule has 2 aromatic heterocycles. The molecule has 1 amide bonds. The highest BCUT2D eigenvalue weighted by atomic mass is 32.1. The Kier molecular flexibility index (Phi) is 5.08. The van der Waals surface area contributed by atoms with Crippen LogP contribution in [0.5, 0.6) is 5.75 Å². The highest BCUT2D eigenvalue weighted by molar-refractivity contribution is 7.14. The first-order valence-electron chi connectivity index (χ1n) is 10.2. The summed E-state index contributed by atoms with van der Waals surface area (Å²) in [5.41, 5.74) is -0.786. The van der Waals surface area contributed by atoms with Crippen molar-refractivity contribution in [3.05, 3.63) is 68.8 Å². The number of hydrogen-bond donors (Lipinski definition) is 1. The number of aromatic hydroxyl groups is 1.